The average Bonchev–Trinajstić information content (AvgIpc) is 2.97. The predicted octanol–water partition coefficient (Wildman–Crippen LogP) is 10.0. The van der Waals surface area contributed by atoms with E-state index in [1.54, 1.807) is 14.2 Å². The van der Waals surface area contributed by atoms with Gasteiger partial charge in [-0.1, -0.05) is 80.5 Å². The van der Waals surface area contributed by atoms with Gasteiger partial charge in [0.15, 0.2) is 0 Å². The first-order chi connectivity index (χ1) is 17.6. The molecular formula is C32H41O5P. The Morgan fingerprint density at radius 2 is 1.00 bits per heavy atom. The first-order valence-electron chi connectivity index (χ1n) is 13.0. The third kappa shape index (κ3) is 5.54. The van der Waals surface area contributed by atoms with Crippen LogP contribution in [0.4, 0.5) is 0 Å². The fourth-order valence-electron chi connectivity index (χ4n) is 4.60. The van der Waals surface area contributed by atoms with Crippen molar-refractivity contribution in [2.75, 3.05) is 14.2 Å². The van der Waals surface area contributed by atoms with Gasteiger partial charge in [-0.2, -0.15) is 0 Å². The van der Waals surface area contributed by atoms with Crippen molar-refractivity contribution in [1.29, 1.82) is 0 Å². The van der Waals surface area contributed by atoms with Crippen molar-refractivity contribution >= 4 is 30.2 Å². The summed E-state index contributed by atoms with van der Waals surface area (Å²) >= 11 is 0. The van der Waals surface area contributed by atoms with Gasteiger partial charge >= 0.3 is 8.24 Å². The number of methoxy groups -OCH3 is 2. The highest BCUT2D eigenvalue weighted by Gasteiger charge is 2.27. The Bertz CT molecular complexity index is 1430. The summed E-state index contributed by atoms with van der Waals surface area (Å²) in [7, 11) is 1.53. The third-order valence-corrected chi connectivity index (χ3v) is 7.71. The Labute approximate surface area is 227 Å². The van der Waals surface area contributed by atoms with Crippen LogP contribution >= 0.6 is 8.24 Å². The number of fused-ring (bicyclic) bond motifs is 3. The van der Waals surface area contributed by atoms with E-state index in [1.165, 1.54) is 0 Å². The standard InChI is InChI=1S/C32H41O5P/c1-30(2,3)24-14-12-13-15-27(24)35-38-36-28-22(16-20(33-10)18-25(28)31(4,5)6)23-17-21(34-11)19-26(29(23)37-38)32(7,8)9/h12-19H,1-11H3. The summed E-state index contributed by atoms with van der Waals surface area (Å²) in [5.41, 5.74) is 4.05. The van der Waals surface area contributed by atoms with Crippen LogP contribution in [-0.2, 0) is 16.2 Å². The highest BCUT2D eigenvalue weighted by Crippen LogP contribution is 2.46. The van der Waals surface area contributed by atoms with Crippen molar-refractivity contribution in [3.05, 3.63) is 65.2 Å². The van der Waals surface area contributed by atoms with E-state index >= 15 is 0 Å². The third-order valence-electron chi connectivity index (χ3n) is 6.70. The average molecular weight is 537 g/mol. The number of ether oxygens (including phenoxy) is 2. The van der Waals surface area contributed by atoms with Crippen LogP contribution in [0.5, 0.6) is 17.2 Å². The van der Waals surface area contributed by atoms with Crippen LogP contribution in [0.25, 0.3) is 21.9 Å². The quantitative estimate of drug-likeness (QED) is 0.260. The van der Waals surface area contributed by atoms with Gasteiger partial charge in [0.05, 0.1) is 14.2 Å². The molecule has 6 heteroatoms. The van der Waals surface area contributed by atoms with E-state index in [1.807, 2.05) is 42.5 Å². The summed E-state index contributed by atoms with van der Waals surface area (Å²) in [5.74, 6) is 2.27. The molecule has 4 aromatic rings. The van der Waals surface area contributed by atoms with Crippen LogP contribution in [0.15, 0.2) is 56.9 Å². The minimum atomic E-state index is -1.85. The number of hydrogen-bond acceptors (Lipinski definition) is 5. The highest BCUT2D eigenvalue weighted by atomic mass is 31.1. The van der Waals surface area contributed by atoms with Gasteiger partial charge in [0.1, 0.15) is 28.4 Å². The second kappa shape index (κ2) is 9.93. The Morgan fingerprint density at radius 1 is 0.579 bits per heavy atom. The largest absolute Gasteiger partial charge is 0.497 e. The van der Waals surface area contributed by atoms with Gasteiger partial charge < -0.3 is 22.4 Å². The van der Waals surface area contributed by atoms with E-state index in [0.717, 1.165) is 55.9 Å². The lowest BCUT2D eigenvalue weighted by Crippen LogP contribution is -2.12. The van der Waals surface area contributed by atoms with Gasteiger partial charge in [0.2, 0.25) is 0 Å². The van der Waals surface area contributed by atoms with Crippen LogP contribution in [-0.4, -0.2) is 14.2 Å². The Balaban J connectivity index is 2.21. The highest BCUT2D eigenvalue weighted by molar-refractivity contribution is 7.32. The van der Waals surface area contributed by atoms with Gasteiger partial charge in [-0.15, -0.1) is 0 Å². The van der Waals surface area contributed by atoms with Gasteiger partial charge in [-0.05, 0) is 46.6 Å². The topological polar surface area (TPSA) is 54.0 Å². The van der Waals surface area contributed by atoms with Gasteiger partial charge in [-0.3, -0.25) is 0 Å². The zero-order valence-corrected chi connectivity index (χ0v) is 25.5. The SMILES string of the molecule is COc1cc(C(C)(C)C)c2op(Oc3ccccc3C(C)(C)C)oc3c(C(C)(C)C)cc(OC)cc3c2c1. The zero-order chi connectivity index (χ0) is 28.0. The molecule has 0 saturated heterocycles. The molecule has 3 aromatic carbocycles. The van der Waals surface area contributed by atoms with E-state index in [2.05, 4.69) is 68.4 Å². The van der Waals surface area contributed by atoms with Crippen molar-refractivity contribution in [3.8, 4) is 17.2 Å². The van der Waals surface area contributed by atoms with Crippen molar-refractivity contribution in [2.45, 2.75) is 78.6 Å². The fraction of sp³-hybridized carbons (Fsp3) is 0.438. The summed E-state index contributed by atoms with van der Waals surface area (Å²) in [6.07, 6.45) is 0. The lowest BCUT2D eigenvalue weighted by Gasteiger charge is -2.22. The first kappa shape index (κ1) is 28.0. The molecule has 204 valence electrons. The van der Waals surface area contributed by atoms with Crippen molar-refractivity contribution in [2.24, 2.45) is 0 Å². The number of para-hydroxylation sites is 1. The summed E-state index contributed by atoms with van der Waals surface area (Å²) in [5, 5.41) is 1.79. The smallest absolute Gasteiger partial charge is 0.453 e. The van der Waals surface area contributed by atoms with Crippen molar-refractivity contribution in [1.82, 2.24) is 0 Å². The van der Waals surface area contributed by atoms with Gasteiger partial charge in [0, 0.05) is 27.5 Å². The van der Waals surface area contributed by atoms with E-state index in [4.69, 9.17) is 22.4 Å². The molecule has 0 saturated carbocycles. The minimum Gasteiger partial charge on any atom is -0.497 e. The minimum absolute atomic E-state index is 0.110. The summed E-state index contributed by atoms with van der Waals surface area (Å²) in [6.45, 7) is 19.5. The Kier molecular flexibility index (Phi) is 7.31. The molecule has 4 rings (SSSR count). The van der Waals surface area contributed by atoms with E-state index in [9.17, 15) is 0 Å². The van der Waals surface area contributed by atoms with Crippen LogP contribution in [0, 0.1) is 0 Å². The maximum Gasteiger partial charge on any atom is 0.453 e. The normalized spacial score (nSPS) is 12.6. The molecule has 0 radical (unpaired) electrons. The molecule has 0 aliphatic rings. The van der Waals surface area contributed by atoms with E-state index < -0.39 is 8.24 Å². The fourth-order valence-corrected chi connectivity index (χ4v) is 5.73. The first-order valence-corrected chi connectivity index (χ1v) is 14.1. The molecule has 0 aliphatic carbocycles. The van der Waals surface area contributed by atoms with Crippen LogP contribution < -0.4 is 14.0 Å². The van der Waals surface area contributed by atoms with E-state index in [0.29, 0.717) is 0 Å². The molecule has 0 fully saturated rings. The molecule has 5 nitrogen and oxygen atoms in total. The lowest BCUT2D eigenvalue weighted by atomic mass is 9.84. The maximum atomic E-state index is 6.73. The molecule has 0 unspecified atom stereocenters. The van der Waals surface area contributed by atoms with Crippen LogP contribution in [0.2, 0.25) is 0 Å². The summed E-state index contributed by atoms with van der Waals surface area (Å²) in [6, 6.07) is 16.2. The maximum absolute atomic E-state index is 6.73. The molecule has 0 aliphatic heterocycles. The number of benzene rings is 3. The monoisotopic (exact) mass is 536 g/mol. The second-order valence-electron chi connectivity index (χ2n) is 12.8. The van der Waals surface area contributed by atoms with Gasteiger partial charge in [0.25, 0.3) is 0 Å². The molecule has 0 bridgehead atoms. The Morgan fingerprint density at radius 3 is 1.39 bits per heavy atom. The molecule has 0 N–H and O–H groups in total. The Hall–Kier alpha value is -3.04. The predicted molar refractivity (Wildman–Crippen MR) is 158 cm³/mol. The summed E-state index contributed by atoms with van der Waals surface area (Å²) < 4.78 is 31.6. The number of rotatable bonds is 4. The lowest BCUT2D eigenvalue weighted by molar-refractivity contribution is 0.413. The molecule has 0 atom stereocenters. The van der Waals surface area contributed by atoms with Crippen LogP contribution in [0.1, 0.15) is 79.0 Å². The molecule has 1 heterocycles. The van der Waals surface area contributed by atoms with Crippen molar-refractivity contribution < 1.29 is 22.4 Å². The molecular weight excluding hydrogens is 495 g/mol. The zero-order valence-electron chi connectivity index (χ0n) is 24.6. The van der Waals surface area contributed by atoms with Gasteiger partial charge in [-0.25, -0.2) is 0 Å². The molecule has 38 heavy (non-hydrogen) atoms. The molecule has 0 amide bonds. The molecule has 0 spiro atoms. The number of hydrogen-bond donors (Lipinski definition) is 0. The summed E-state index contributed by atoms with van der Waals surface area (Å²) in [4.78, 5) is 0. The van der Waals surface area contributed by atoms with E-state index in [-0.39, 0.29) is 16.2 Å². The van der Waals surface area contributed by atoms with Crippen LogP contribution in [0.3, 0.4) is 0 Å². The molecule has 1 aromatic heterocycles. The second-order valence-corrected chi connectivity index (χ2v) is 13.8. The van der Waals surface area contributed by atoms with Crippen molar-refractivity contribution in [3.63, 3.8) is 0 Å².